The van der Waals surface area contributed by atoms with Gasteiger partial charge >= 0.3 is 0 Å². The highest BCUT2D eigenvalue weighted by atomic mass is 16.2. The fourth-order valence-electron chi connectivity index (χ4n) is 6.93. The highest BCUT2D eigenvalue weighted by Crippen LogP contribution is 2.60. The molecular formula is C26H35N3O2. The Morgan fingerprint density at radius 2 is 1.55 bits per heavy atom. The number of nitrogens with zero attached hydrogens (tertiary/aromatic N) is 2. The van der Waals surface area contributed by atoms with Crippen molar-refractivity contribution in [3.63, 3.8) is 0 Å². The molecule has 31 heavy (non-hydrogen) atoms. The number of rotatable bonds is 6. The van der Waals surface area contributed by atoms with E-state index in [-0.39, 0.29) is 23.8 Å². The molecule has 4 bridgehead atoms. The second-order valence-corrected chi connectivity index (χ2v) is 10.4. The molecule has 6 rings (SSSR count). The van der Waals surface area contributed by atoms with Crippen LogP contribution in [-0.2, 0) is 9.59 Å². The minimum Gasteiger partial charge on any atom is -0.347 e. The predicted molar refractivity (Wildman–Crippen MR) is 122 cm³/mol. The number of carbonyl (C=O) groups is 2. The van der Waals surface area contributed by atoms with E-state index in [0.717, 1.165) is 69.7 Å². The third-order valence-electron chi connectivity index (χ3n) is 8.12. The van der Waals surface area contributed by atoms with Gasteiger partial charge in [-0.05, 0) is 61.8 Å². The lowest BCUT2D eigenvalue weighted by Gasteiger charge is -2.55. The molecule has 4 saturated carbocycles. The number of amides is 2. The van der Waals surface area contributed by atoms with Crippen LogP contribution in [0.25, 0.3) is 6.08 Å². The maximum absolute atomic E-state index is 13.1. The molecule has 1 aliphatic heterocycles. The summed E-state index contributed by atoms with van der Waals surface area (Å²) < 4.78 is 0. The summed E-state index contributed by atoms with van der Waals surface area (Å²) in [6, 6.07) is 10.3. The average Bonchev–Trinajstić information content (AvgIpc) is 2.77. The molecule has 4 aliphatic carbocycles. The Labute approximate surface area is 185 Å². The van der Waals surface area contributed by atoms with Gasteiger partial charge in [0, 0.05) is 38.1 Å². The molecule has 166 valence electrons. The van der Waals surface area contributed by atoms with Crippen LogP contribution >= 0.6 is 0 Å². The van der Waals surface area contributed by atoms with Crippen LogP contribution in [0.2, 0.25) is 0 Å². The topological polar surface area (TPSA) is 52.7 Å². The highest BCUT2D eigenvalue weighted by molar-refractivity contribution is 5.88. The highest BCUT2D eigenvalue weighted by Gasteiger charge is 2.54. The van der Waals surface area contributed by atoms with Gasteiger partial charge in [0.15, 0.2) is 0 Å². The Kier molecular flexibility index (Phi) is 5.87. The van der Waals surface area contributed by atoms with Crippen LogP contribution in [-0.4, -0.2) is 60.9 Å². The summed E-state index contributed by atoms with van der Waals surface area (Å²) in [6.07, 6.45) is 11.5. The molecule has 5 aliphatic rings. The van der Waals surface area contributed by atoms with E-state index < -0.39 is 0 Å². The molecule has 1 N–H and O–H groups in total. The Bertz CT molecular complexity index is 791. The normalized spacial score (nSPS) is 32.5. The lowest BCUT2D eigenvalue weighted by molar-refractivity contribution is -0.148. The largest absolute Gasteiger partial charge is 0.347 e. The van der Waals surface area contributed by atoms with Crippen molar-refractivity contribution in [1.82, 2.24) is 15.1 Å². The molecule has 1 aromatic rings. The molecule has 1 aromatic carbocycles. The van der Waals surface area contributed by atoms with Crippen molar-refractivity contribution in [2.75, 3.05) is 39.3 Å². The van der Waals surface area contributed by atoms with Gasteiger partial charge in [-0.15, -0.1) is 0 Å². The molecule has 5 heteroatoms. The van der Waals surface area contributed by atoms with Crippen LogP contribution in [0.5, 0.6) is 0 Å². The Morgan fingerprint density at radius 1 is 0.935 bits per heavy atom. The third kappa shape index (κ3) is 4.57. The summed E-state index contributed by atoms with van der Waals surface area (Å²) in [5, 5.41) is 3.05. The van der Waals surface area contributed by atoms with Crippen molar-refractivity contribution in [3.05, 3.63) is 42.0 Å². The molecule has 2 amide bonds. The summed E-state index contributed by atoms with van der Waals surface area (Å²) in [4.78, 5) is 30.1. The second kappa shape index (κ2) is 8.78. The SMILES string of the molecule is O=C(CNC(=O)C12CC3CC(CC(C3)C1)C2)N1CCN(C/C=C/c2ccccc2)CC1. The Balaban J connectivity index is 1.05. The van der Waals surface area contributed by atoms with Crippen LogP contribution in [0.15, 0.2) is 36.4 Å². The predicted octanol–water partition coefficient (Wildman–Crippen LogP) is 3.18. The first-order chi connectivity index (χ1) is 15.1. The summed E-state index contributed by atoms with van der Waals surface area (Å²) in [5.41, 5.74) is 1.05. The van der Waals surface area contributed by atoms with Crippen molar-refractivity contribution in [2.45, 2.75) is 38.5 Å². The third-order valence-corrected chi connectivity index (χ3v) is 8.12. The second-order valence-electron chi connectivity index (χ2n) is 10.4. The van der Waals surface area contributed by atoms with E-state index in [1.807, 2.05) is 23.1 Å². The average molecular weight is 422 g/mol. The first-order valence-corrected chi connectivity index (χ1v) is 12.1. The number of nitrogens with one attached hydrogen (secondary N) is 1. The van der Waals surface area contributed by atoms with E-state index in [1.54, 1.807) is 0 Å². The molecule has 0 unspecified atom stereocenters. The molecule has 0 aromatic heterocycles. The van der Waals surface area contributed by atoms with Gasteiger partial charge in [-0.1, -0.05) is 42.5 Å². The molecule has 0 atom stereocenters. The maximum Gasteiger partial charge on any atom is 0.242 e. The molecule has 5 fully saturated rings. The standard InChI is InChI=1S/C26H35N3O2/c30-24(19-27-25(31)26-16-21-13-22(17-26)15-23(14-21)18-26)29-11-9-28(10-12-29)8-4-7-20-5-2-1-3-6-20/h1-7,21-23H,8-19H2,(H,27,31)/b7-4+. The number of hydrogen-bond acceptors (Lipinski definition) is 3. The lowest BCUT2D eigenvalue weighted by Crippen LogP contribution is -2.56. The van der Waals surface area contributed by atoms with Crippen molar-refractivity contribution in [1.29, 1.82) is 0 Å². The van der Waals surface area contributed by atoms with E-state index >= 15 is 0 Å². The van der Waals surface area contributed by atoms with Gasteiger partial charge in [0.25, 0.3) is 0 Å². The van der Waals surface area contributed by atoms with E-state index in [1.165, 1.54) is 24.8 Å². The summed E-state index contributed by atoms with van der Waals surface area (Å²) in [5.74, 6) is 2.47. The zero-order valence-electron chi connectivity index (χ0n) is 18.5. The van der Waals surface area contributed by atoms with Crippen molar-refractivity contribution < 1.29 is 9.59 Å². The van der Waals surface area contributed by atoms with Crippen molar-refractivity contribution in [2.24, 2.45) is 23.2 Å². The Hall–Kier alpha value is -2.14. The van der Waals surface area contributed by atoms with Crippen molar-refractivity contribution in [3.8, 4) is 0 Å². The van der Waals surface area contributed by atoms with Gasteiger partial charge < -0.3 is 10.2 Å². The smallest absolute Gasteiger partial charge is 0.242 e. The zero-order chi connectivity index (χ0) is 21.3. The molecule has 0 spiro atoms. The van der Waals surface area contributed by atoms with Crippen LogP contribution in [0.4, 0.5) is 0 Å². The number of carbonyl (C=O) groups excluding carboxylic acids is 2. The molecule has 5 nitrogen and oxygen atoms in total. The molecule has 1 saturated heterocycles. The molecular weight excluding hydrogens is 386 g/mol. The van der Waals surface area contributed by atoms with Gasteiger partial charge in [-0.25, -0.2) is 0 Å². The number of benzene rings is 1. The van der Waals surface area contributed by atoms with Crippen LogP contribution in [0.1, 0.15) is 44.1 Å². The monoisotopic (exact) mass is 421 g/mol. The lowest BCUT2D eigenvalue weighted by atomic mass is 9.49. The fraction of sp³-hybridized carbons (Fsp3) is 0.615. The minimum atomic E-state index is -0.168. The summed E-state index contributed by atoms with van der Waals surface area (Å²) in [7, 11) is 0. The summed E-state index contributed by atoms with van der Waals surface area (Å²) >= 11 is 0. The Morgan fingerprint density at radius 3 is 2.16 bits per heavy atom. The molecule has 1 heterocycles. The maximum atomic E-state index is 13.1. The van der Waals surface area contributed by atoms with E-state index in [0.29, 0.717) is 0 Å². The number of piperazine rings is 1. The zero-order valence-corrected chi connectivity index (χ0v) is 18.5. The van der Waals surface area contributed by atoms with Crippen molar-refractivity contribution >= 4 is 17.9 Å². The van der Waals surface area contributed by atoms with E-state index in [9.17, 15) is 9.59 Å². The number of hydrogen-bond donors (Lipinski definition) is 1. The van der Waals surface area contributed by atoms with Crippen LogP contribution in [0, 0.1) is 23.2 Å². The van der Waals surface area contributed by atoms with Gasteiger partial charge in [0.05, 0.1) is 6.54 Å². The quantitative estimate of drug-likeness (QED) is 0.768. The van der Waals surface area contributed by atoms with Crippen LogP contribution < -0.4 is 5.32 Å². The van der Waals surface area contributed by atoms with E-state index in [4.69, 9.17) is 0 Å². The summed E-state index contributed by atoms with van der Waals surface area (Å²) in [6.45, 7) is 4.31. The van der Waals surface area contributed by atoms with E-state index in [2.05, 4.69) is 34.5 Å². The first kappa shape index (κ1) is 20.7. The van der Waals surface area contributed by atoms with Gasteiger partial charge in [-0.2, -0.15) is 0 Å². The van der Waals surface area contributed by atoms with Crippen LogP contribution in [0.3, 0.4) is 0 Å². The molecule has 0 radical (unpaired) electrons. The minimum absolute atomic E-state index is 0.0672. The van der Waals surface area contributed by atoms with Gasteiger partial charge in [-0.3, -0.25) is 14.5 Å². The van der Waals surface area contributed by atoms with Gasteiger partial charge in [0.1, 0.15) is 0 Å². The fourth-order valence-corrected chi connectivity index (χ4v) is 6.93. The van der Waals surface area contributed by atoms with Gasteiger partial charge in [0.2, 0.25) is 11.8 Å². The first-order valence-electron chi connectivity index (χ1n) is 12.1.